The van der Waals surface area contributed by atoms with Gasteiger partial charge in [-0.3, -0.25) is 4.98 Å². The molecule has 3 aromatic rings. The molecule has 0 aliphatic carbocycles. The monoisotopic (exact) mass is 321 g/mol. The van der Waals surface area contributed by atoms with Crippen LogP contribution in [0.1, 0.15) is 36.8 Å². The summed E-state index contributed by atoms with van der Waals surface area (Å²) in [7, 11) is 0. The van der Waals surface area contributed by atoms with Crippen molar-refractivity contribution in [2.45, 2.75) is 26.2 Å². The smallest absolute Gasteiger partial charge is 0.227 e. The number of rotatable bonds is 4. The Labute approximate surface area is 139 Å². The first-order chi connectivity index (χ1) is 11.7. The second-order valence-corrected chi connectivity index (χ2v) is 5.31. The van der Waals surface area contributed by atoms with E-state index in [9.17, 15) is 4.39 Å². The molecule has 0 unspecified atom stereocenters. The molecule has 5 heteroatoms. The normalized spacial score (nSPS) is 10.2. The van der Waals surface area contributed by atoms with E-state index < -0.39 is 0 Å². The molecule has 4 nitrogen and oxygen atoms in total. The van der Waals surface area contributed by atoms with Gasteiger partial charge in [-0.2, -0.15) is 4.98 Å². The number of aromatic nitrogens is 3. The van der Waals surface area contributed by atoms with Crippen LogP contribution in [0.2, 0.25) is 0 Å². The third-order valence-corrected chi connectivity index (χ3v) is 3.38. The molecule has 0 aliphatic heterocycles. The fourth-order valence-electron chi connectivity index (χ4n) is 2.10. The van der Waals surface area contributed by atoms with Gasteiger partial charge in [-0.05, 0) is 36.8 Å². The summed E-state index contributed by atoms with van der Waals surface area (Å²) in [4.78, 5) is 8.64. The van der Waals surface area contributed by atoms with Crippen LogP contribution in [0.25, 0.3) is 11.5 Å². The summed E-state index contributed by atoms with van der Waals surface area (Å²) in [6.45, 7) is 2.11. The van der Waals surface area contributed by atoms with Crippen LogP contribution >= 0.6 is 0 Å². The van der Waals surface area contributed by atoms with Crippen molar-refractivity contribution in [1.82, 2.24) is 15.1 Å². The molecule has 0 fully saturated rings. The molecule has 2 heterocycles. The first-order valence-corrected chi connectivity index (χ1v) is 7.81. The summed E-state index contributed by atoms with van der Waals surface area (Å²) in [5.41, 5.74) is 1.99. The SMILES string of the molecule is CCCCc1nc(-c2ccc(C#Cc3cccc(F)c3)cn2)no1. The van der Waals surface area contributed by atoms with Crippen LogP contribution in [0.3, 0.4) is 0 Å². The van der Waals surface area contributed by atoms with Crippen molar-refractivity contribution < 1.29 is 8.91 Å². The molecule has 1 aromatic carbocycles. The van der Waals surface area contributed by atoms with Crippen LogP contribution in [-0.2, 0) is 6.42 Å². The molecule has 0 aliphatic rings. The Balaban J connectivity index is 1.73. The van der Waals surface area contributed by atoms with Crippen molar-refractivity contribution in [2.75, 3.05) is 0 Å². The minimum atomic E-state index is -0.300. The topological polar surface area (TPSA) is 51.8 Å². The van der Waals surface area contributed by atoms with Crippen LogP contribution < -0.4 is 0 Å². The van der Waals surface area contributed by atoms with Gasteiger partial charge in [0.1, 0.15) is 11.5 Å². The van der Waals surface area contributed by atoms with Gasteiger partial charge in [-0.15, -0.1) is 0 Å². The lowest BCUT2D eigenvalue weighted by molar-refractivity contribution is 0.375. The van der Waals surface area contributed by atoms with Gasteiger partial charge in [-0.1, -0.05) is 36.4 Å². The predicted molar refractivity (Wildman–Crippen MR) is 88.5 cm³/mol. The van der Waals surface area contributed by atoms with E-state index in [4.69, 9.17) is 4.52 Å². The van der Waals surface area contributed by atoms with E-state index in [2.05, 4.69) is 33.9 Å². The van der Waals surface area contributed by atoms with Gasteiger partial charge in [0.2, 0.25) is 11.7 Å². The van der Waals surface area contributed by atoms with Crippen molar-refractivity contribution >= 4 is 0 Å². The van der Waals surface area contributed by atoms with Crippen molar-refractivity contribution in [3.8, 4) is 23.4 Å². The zero-order valence-corrected chi connectivity index (χ0v) is 13.3. The molecule has 24 heavy (non-hydrogen) atoms. The second kappa shape index (κ2) is 7.51. The number of nitrogens with zero attached hydrogens (tertiary/aromatic N) is 3. The lowest BCUT2D eigenvalue weighted by atomic mass is 10.2. The van der Waals surface area contributed by atoms with Gasteiger partial charge >= 0.3 is 0 Å². The maximum Gasteiger partial charge on any atom is 0.227 e. The highest BCUT2D eigenvalue weighted by Crippen LogP contribution is 2.14. The number of pyridine rings is 1. The van der Waals surface area contributed by atoms with E-state index in [0.29, 0.717) is 23.0 Å². The molecule has 2 aromatic heterocycles. The van der Waals surface area contributed by atoms with Gasteiger partial charge in [0.25, 0.3) is 0 Å². The van der Waals surface area contributed by atoms with Gasteiger partial charge < -0.3 is 4.52 Å². The molecule has 3 rings (SSSR count). The zero-order chi connectivity index (χ0) is 16.8. The summed E-state index contributed by atoms with van der Waals surface area (Å²) in [5, 5.41) is 3.95. The molecule has 0 amide bonds. The Bertz CT molecular complexity index is 875. The fourth-order valence-corrected chi connectivity index (χ4v) is 2.10. The highest BCUT2D eigenvalue weighted by atomic mass is 19.1. The summed E-state index contributed by atoms with van der Waals surface area (Å²) in [6.07, 6.45) is 4.52. The van der Waals surface area contributed by atoms with Crippen molar-refractivity contribution in [3.05, 3.63) is 65.4 Å². The van der Waals surface area contributed by atoms with Crippen LogP contribution in [0.4, 0.5) is 4.39 Å². The number of benzene rings is 1. The highest BCUT2D eigenvalue weighted by Gasteiger charge is 2.09. The molecule has 0 saturated carbocycles. The first kappa shape index (κ1) is 15.9. The van der Waals surface area contributed by atoms with Crippen molar-refractivity contribution in [3.63, 3.8) is 0 Å². The Hall–Kier alpha value is -3.00. The van der Waals surface area contributed by atoms with Gasteiger partial charge in [-0.25, -0.2) is 4.39 Å². The lowest BCUT2D eigenvalue weighted by Crippen LogP contribution is -1.88. The summed E-state index contributed by atoms with van der Waals surface area (Å²) in [5.74, 6) is 6.67. The standard InChI is InChI=1S/C19H16FN3O/c1-2-3-7-18-22-19(23-24-18)17-11-10-15(13-21-17)9-8-14-5-4-6-16(20)12-14/h4-6,10-13H,2-3,7H2,1H3. The number of halogens is 1. The zero-order valence-electron chi connectivity index (χ0n) is 13.3. The number of hydrogen-bond donors (Lipinski definition) is 0. The quantitative estimate of drug-likeness (QED) is 0.681. The third kappa shape index (κ3) is 4.05. The van der Waals surface area contributed by atoms with E-state index in [1.807, 2.05) is 6.07 Å². The van der Waals surface area contributed by atoms with E-state index in [-0.39, 0.29) is 5.82 Å². The summed E-state index contributed by atoms with van der Waals surface area (Å²) < 4.78 is 18.3. The number of hydrogen-bond acceptors (Lipinski definition) is 4. The first-order valence-electron chi connectivity index (χ1n) is 7.81. The minimum absolute atomic E-state index is 0.300. The summed E-state index contributed by atoms with van der Waals surface area (Å²) in [6, 6.07) is 9.80. The van der Waals surface area contributed by atoms with Crippen molar-refractivity contribution in [1.29, 1.82) is 0 Å². The Morgan fingerprint density at radius 2 is 2.00 bits per heavy atom. The van der Waals surface area contributed by atoms with Crippen LogP contribution in [0, 0.1) is 17.7 Å². The minimum Gasteiger partial charge on any atom is -0.339 e. The van der Waals surface area contributed by atoms with Gasteiger partial charge in [0.15, 0.2) is 0 Å². The Kier molecular flexibility index (Phi) is 4.97. The maximum absolute atomic E-state index is 13.1. The molecule has 0 saturated heterocycles. The van der Waals surface area contributed by atoms with E-state index in [1.54, 1.807) is 24.4 Å². The fraction of sp³-hybridized carbons (Fsp3) is 0.211. The van der Waals surface area contributed by atoms with Crippen LogP contribution in [0.5, 0.6) is 0 Å². The molecule has 0 N–H and O–H groups in total. The molecule has 0 atom stereocenters. The third-order valence-electron chi connectivity index (χ3n) is 3.38. The summed E-state index contributed by atoms with van der Waals surface area (Å²) >= 11 is 0. The van der Waals surface area contributed by atoms with Crippen LogP contribution in [-0.4, -0.2) is 15.1 Å². The van der Waals surface area contributed by atoms with Gasteiger partial charge in [0, 0.05) is 23.7 Å². The van der Waals surface area contributed by atoms with E-state index in [1.165, 1.54) is 12.1 Å². The van der Waals surface area contributed by atoms with E-state index >= 15 is 0 Å². The van der Waals surface area contributed by atoms with Crippen LogP contribution in [0.15, 0.2) is 47.1 Å². The molecule has 120 valence electrons. The molecular weight excluding hydrogens is 305 g/mol. The number of aryl methyl sites for hydroxylation is 1. The number of unbranched alkanes of at least 4 members (excludes halogenated alkanes) is 1. The maximum atomic E-state index is 13.1. The second-order valence-electron chi connectivity index (χ2n) is 5.31. The average Bonchev–Trinajstić information content (AvgIpc) is 3.08. The Morgan fingerprint density at radius 1 is 1.12 bits per heavy atom. The lowest BCUT2D eigenvalue weighted by Gasteiger charge is -1.94. The predicted octanol–water partition coefficient (Wildman–Crippen LogP) is 4.01. The molecule has 0 radical (unpaired) electrons. The van der Waals surface area contributed by atoms with E-state index in [0.717, 1.165) is 24.8 Å². The Morgan fingerprint density at radius 3 is 2.75 bits per heavy atom. The largest absolute Gasteiger partial charge is 0.339 e. The molecular formula is C19H16FN3O. The van der Waals surface area contributed by atoms with Gasteiger partial charge in [0.05, 0.1) is 0 Å². The highest BCUT2D eigenvalue weighted by molar-refractivity contribution is 5.50. The molecule has 0 spiro atoms. The van der Waals surface area contributed by atoms with Crippen molar-refractivity contribution in [2.24, 2.45) is 0 Å². The molecule has 0 bridgehead atoms. The average molecular weight is 321 g/mol.